The van der Waals surface area contributed by atoms with Gasteiger partial charge < -0.3 is 15.8 Å². The van der Waals surface area contributed by atoms with Gasteiger partial charge >= 0.3 is 0 Å². The van der Waals surface area contributed by atoms with Crippen molar-refractivity contribution >= 4 is 27.5 Å². The number of primary amides is 1. The summed E-state index contributed by atoms with van der Waals surface area (Å²) in [5.41, 5.74) is 7.14. The second-order valence-electron chi connectivity index (χ2n) is 6.39. The van der Waals surface area contributed by atoms with Crippen LogP contribution in [0.2, 0.25) is 0 Å². The number of hydrogen-bond donors (Lipinski definition) is 2. The minimum absolute atomic E-state index is 0.132. The van der Waals surface area contributed by atoms with E-state index in [1.165, 1.54) is 28.6 Å². The molecule has 0 unspecified atom stereocenters. The summed E-state index contributed by atoms with van der Waals surface area (Å²) in [5.74, 6) is -0.922. The Bertz CT molecular complexity index is 997. The topological polar surface area (TPSA) is 119 Å². The number of aryl methyl sites for hydroxylation is 1. The number of nitrogens with zero attached hydrogens (tertiary/aromatic N) is 1. The summed E-state index contributed by atoms with van der Waals surface area (Å²) in [6, 6.07) is 10.5. The molecule has 2 aromatic carbocycles. The molecule has 3 N–H and O–H groups in total. The van der Waals surface area contributed by atoms with Crippen LogP contribution in [0.15, 0.2) is 47.4 Å². The lowest BCUT2D eigenvalue weighted by Gasteiger charge is -2.26. The summed E-state index contributed by atoms with van der Waals surface area (Å²) in [7, 11) is -3.60. The van der Waals surface area contributed by atoms with E-state index in [1.807, 2.05) is 0 Å². The molecule has 2 amide bonds. The predicted octanol–water partition coefficient (Wildman–Crippen LogP) is 1.37. The van der Waals surface area contributed by atoms with Crippen molar-refractivity contribution in [2.45, 2.75) is 11.8 Å². The SMILES string of the molecule is Cc1cc(NC(=O)c2ccc(S(=O)(=O)N3CCOCC3)cc2)ccc1C(N)=O. The van der Waals surface area contributed by atoms with Crippen LogP contribution in [0.4, 0.5) is 5.69 Å². The van der Waals surface area contributed by atoms with Gasteiger partial charge in [-0.25, -0.2) is 8.42 Å². The average Bonchev–Trinajstić information content (AvgIpc) is 2.68. The summed E-state index contributed by atoms with van der Waals surface area (Å²) in [5, 5.41) is 2.72. The van der Waals surface area contributed by atoms with Gasteiger partial charge in [-0.1, -0.05) is 0 Å². The summed E-state index contributed by atoms with van der Waals surface area (Å²) in [4.78, 5) is 23.8. The van der Waals surface area contributed by atoms with E-state index >= 15 is 0 Å². The van der Waals surface area contributed by atoms with Crippen molar-refractivity contribution in [2.75, 3.05) is 31.6 Å². The molecule has 9 heteroatoms. The largest absolute Gasteiger partial charge is 0.379 e. The molecule has 1 aliphatic heterocycles. The molecule has 0 atom stereocenters. The van der Waals surface area contributed by atoms with Crippen molar-refractivity contribution < 1.29 is 22.7 Å². The number of hydrogen-bond acceptors (Lipinski definition) is 5. The molecule has 0 saturated carbocycles. The third-order valence-electron chi connectivity index (χ3n) is 4.47. The van der Waals surface area contributed by atoms with Crippen molar-refractivity contribution in [3.63, 3.8) is 0 Å². The van der Waals surface area contributed by atoms with Gasteiger partial charge in [-0.3, -0.25) is 9.59 Å². The van der Waals surface area contributed by atoms with Gasteiger partial charge in [0.05, 0.1) is 18.1 Å². The Balaban J connectivity index is 1.73. The van der Waals surface area contributed by atoms with Crippen LogP contribution in [-0.4, -0.2) is 50.8 Å². The van der Waals surface area contributed by atoms with Gasteiger partial charge in [-0.2, -0.15) is 4.31 Å². The van der Waals surface area contributed by atoms with Crippen molar-refractivity contribution in [3.05, 3.63) is 59.2 Å². The van der Waals surface area contributed by atoms with Crippen LogP contribution >= 0.6 is 0 Å². The maximum atomic E-state index is 12.6. The van der Waals surface area contributed by atoms with Gasteiger partial charge in [0.1, 0.15) is 0 Å². The first kappa shape index (κ1) is 20.0. The molecule has 8 nitrogen and oxygen atoms in total. The quantitative estimate of drug-likeness (QED) is 0.781. The van der Waals surface area contributed by atoms with E-state index in [-0.39, 0.29) is 10.8 Å². The lowest BCUT2D eigenvalue weighted by Crippen LogP contribution is -2.40. The fourth-order valence-corrected chi connectivity index (χ4v) is 4.34. The maximum Gasteiger partial charge on any atom is 0.255 e. The van der Waals surface area contributed by atoms with Gasteiger partial charge in [-0.05, 0) is 55.0 Å². The Morgan fingerprint density at radius 2 is 1.71 bits per heavy atom. The third kappa shape index (κ3) is 4.22. The van der Waals surface area contributed by atoms with E-state index in [1.54, 1.807) is 25.1 Å². The van der Waals surface area contributed by atoms with Crippen LogP contribution in [0.25, 0.3) is 0 Å². The Hall–Kier alpha value is -2.75. The molecular formula is C19H21N3O5S. The average molecular weight is 403 g/mol. The molecule has 3 rings (SSSR count). The summed E-state index contributed by atoms with van der Waals surface area (Å²) in [6.45, 7) is 3.08. The highest BCUT2D eigenvalue weighted by Gasteiger charge is 2.26. The second kappa shape index (κ2) is 8.09. The smallest absolute Gasteiger partial charge is 0.255 e. The summed E-state index contributed by atoms with van der Waals surface area (Å²) in [6.07, 6.45) is 0. The molecule has 0 aromatic heterocycles. The Kier molecular flexibility index (Phi) is 5.78. The highest BCUT2D eigenvalue weighted by Crippen LogP contribution is 2.19. The van der Waals surface area contributed by atoms with Crippen LogP contribution in [0.1, 0.15) is 26.3 Å². The lowest BCUT2D eigenvalue weighted by molar-refractivity contribution is 0.0730. The lowest BCUT2D eigenvalue weighted by atomic mass is 10.1. The standard InChI is InChI=1S/C19H21N3O5S/c1-13-12-15(4-7-17(13)18(20)23)21-19(24)14-2-5-16(6-3-14)28(25,26)22-8-10-27-11-9-22/h2-7,12H,8-11H2,1H3,(H2,20,23)(H,21,24). The molecule has 148 valence electrons. The first-order chi connectivity index (χ1) is 13.3. The normalized spacial score (nSPS) is 15.2. The number of amides is 2. The van der Waals surface area contributed by atoms with E-state index in [0.29, 0.717) is 48.7 Å². The van der Waals surface area contributed by atoms with Crippen LogP contribution < -0.4 is 11.1 Å². The van der Waals surface area contributed by atoms with Crippen molar-refractivity contribution in [2.24, 2.45) is 5.73 Å². The summed E-state index contributed by atoms with van der Waals surface area (Å²) < 4.78 is 31.8. The molecule has 1 aliphatic rings. The number of carbonyl (C=O) groups is 2. The van der Waals surface area contributed by atoms with Crippen molar-refractivity contribution in [1.29, 1.82) is 0 Å². The number of morpholine rings is 1. The molecule has 1 saturated heterocycles. The first-order valence-corrected chi connectivity index (χ1v) is 10.1. The zero-order valence-electron chi connectivity index (χ0n) is 15.3. The number of ether oxygens (including phenoxy) is 1. The summed E-state index contributed by atoms with van der Waals surface area (Å²) >= 11 is 0. The molecule has 0 spiro atoms. The van der Waals surface area contributed by atoms with Gasteiger partial charge in [0.2, 0.25) is 15.9 Å². The molecule has 0 radical (unpaired) electrons. The van der Waals surface area contributed by atoms with E-state index in [4.69, 9.17) is 10.5 Å². The molecule has 1 fully saturated rings. The van der Waals surface area contributed by atoms with Crippen LogP contribution in [0.5, 0.6) is 0 Å². The van der Waals surface area contributed by atoms with Crippen molar-refractivity contribution in [3.8, 4) is 0 Å². The Morgan fingerprint density at radius 3 is 2.29 bits per heavy atom. The highest BCUT2D eigenvalue weighted by atomic mass is 32.2. The minimum Gasteiger partial charge on any atom is -0.379 e. The van der Waals surface area contributed by atoms with E-state index in [9.17, 15) is 18.0 Å². The monoisotopic (exact) mass is 403 g/mol. The van der Waals surface area contributed by atoms with Crippen molar-refractivity contribution in [1.82, 2.24) is 4.31 Å². The molecule has 1 heterocycles. The van der Waals surface area contributed by atoms with Gasteiger partial charge in [0, 0.05) is 29.9 Å². The first-order valence-electron chi connectivity index (χ1n) is 8.69. The van der Waals surface area contributed by atoms with Crippen LogP contribution in [0, 0.1) is 6.92 Å². The predicted molar refractivity (Wildman–Crippen MR) is 104 cm³/mol. The van der Waals surface area contributed by atoms with Gasteiger partial charge in [-0.15, -0.1) is 0 Å². The van der Waals surface area contributed by atoms with E-state index in [0.717, 1.165) is 0 Å². The number of rotatable bonds is 5. The molecule has 0 bridgehead atoms. The van der Waals surface area contributed by atoms with Gasteiger partial charge in [0.25, 0.3) is 5.91 Å². The molecular weight excluding hydrogens is 382 g/mol. The minimum atomic E-state index is -3.60. The van der Waals surface area contributed by atoms with E-state index in [2.05, 4.69) is 5.32 Å². The number of nitrogens with one attached hydrogen (secondary N) is 1. The fraction of sp³-hybridized carbons (Fsp3) is 0.263. The highest BCUT2D eigenvalue weighted by molar-refractivity contribution is 7.89. The molecule has 2 aromatic rings. The fourth-order valence-electron chi connectivity index (χ4n) is 2.94. The third-order valence-corrected chi connectivity index (χ3v) is 6.39. The Labute approximate surface area is 163 Å². The number of nitrogens with two attached hydrogens (primary N) is 1. The molecule has 28 heavy (non-hydrogen) atoms. The zero-order valence-corrected chi connectivity index (χ0v) is 16.2. The molecule has 0 aliphatic carbocycles. The Morgan fingerprint density at radius 1 is 1.07 bits per heavy atom. The van der Waals surface area contributed by atoms with E-state index < -0.39 is 15.9 Å². The maximum absolute atomic E-state index is 12.6. The second-order valence-corrected chi connectivity index (χ2v) is 8.33. The number of carbonyl (C=O) groups excluding carboxylic acids is 2. The zero-order chi connectivity index (χ0) is 20.3. The van der Waals surface area contributed by atoms with Gasteiger partial charge in [0.15, 0.2) is 0 Å². The number of anilines is 1. The number of sulfonamides is 1. The number of benzene rings is 2. The van der Waals surface area contributed by atoms with Crippen LogP contribution in [0.3, 0.4) is 0 Å². The van der Waals surface area contributed by atoms with Crippen LogP contribution in [-0.2, 0) is 14.8 Å².